The van der Waals surface area contributed by atoms with E-state index in [4.69, 9.17) is 284 Å². The third kappa shape index (κ3) is 1470. The van der Waals surface area contributed by atoms with Gasteiger partial charge < -0.3 is 284 Å². The molecule has 0 aliphatic carbocycles. The van der Waals surface area contributed by atoms with E-state index in [1.165, 1.54) is 0 Å². The molecule has 0 aromatic carbocycles. The SMILES string of the molecule is [C-]#N.[C-]#N.[C-]#N.[C-]#N.[C-]#N.[C-]#N.[C-]#N.[C-]#N.[C-]#N.[C-]#N.[C-]#N.[C-]#N.[C-]#N.[C-]#N.[C-]#N.[C-]#N.[C-]#N.[C-]#N.[C-]#N.[C-]#N.[C-]#N.[C-]#N.[C-]#N.[C-]#N.[Co+3].[Co+3].[Co+3].[Co+3].[Sn+4].[Sn+4].[Sn+4]. The van der Waals surface area contributed by atoms with Crippen molar-refractivity contribution in [1.82, 2.24) is 0 Å². The van der Waals surface area contributed by atoms with Gasteiger partial charge in [-0.05, 0) is 0 Å². The van der Waals surface area contributed by atoms with Crippen LogP contribution in [0.3, 0.4) is 0 Å². The van der Waals surface area contributed by atoms with Gasteiger partial charge in [-0.3, -0.25) is 0 Å². The molecule has 31 heteroatoms. The van der Waals surface area contributed by atoms with Crippen molar-refractivity contribution in [2.45, 2.75) is 0 Å². The number of rotatable bonds is 0. The molecule has 0 aliphatic rings. The molecule has 0 radical (unpaired) electrons. The van der Waals surface area contributed by atoms with E-state index < -0.39 is 0 Å². The molecule has 0 saturated heterocycles. The quantitative estimate of drug-likeness (QED) is 0.242. The van der Waals surface area contributed by atoms with E-state index in [1.807, 2.05) is 0 Å². The number of nitrogens with zero attached hydrogens (tertiary/aromatic N) is 24. The molecule has 24 nitrogen and oxygen atoms in total. The zero-order valence-corrected chi connectivity index (χ0v) is 38.3. The number of hydrogen-bond acceptors (Lipinski definition) is 24. The fourth-order valence-corrected chi connectivity index (χ4v) is 0. The minimum Gasteiger partial charge on any atom is -0.512 e. The van der Waals surface area contributed by atoms with Crippen molar-refractivity contribution in [3.05, 3.63) is 158 Å². The maximum absolute atomic E-state index is 6.25. The van der Waals surface area contributed by atoms with Crippen LogP contribution in [0.2, 0.25) is 0 Å². The maximum atomic E-state index is 6.25. The first-order valence-corrected chi connectivity index (χ1v) is 5.37. The number of hydrogen-bond donors (Lipinski definition) is 0. The Balaban J connectivity index is -0.00000000375. The van der Waals surface area contributed by atoms with Gasteiger partial charge in [0, 0.05) is 0 Å². The summed E-state index contributed by atoms with van der Waals surface area (Å²) in [6, 6.07) is 0. The van der Waals surface area contributed by atoms with Crippen molar-refractivity contribution in [1.29, 1.82) is 126 Å². The van der Waals surface area contributed by atoms with E-state index in [0.717, 1.165) is 0 Å². The Hall–Kier alpha value is -7.82. The Kier molecular flexibility index (Phi) is 10800. The van der Waals surface area contributed by atoms with Crippen LogP contribution in [0.4, 0.5) is 0 Å². The third-order valence-electron chi connectivity index (χ3n) is 0. The predicted octanol–water partition coefficient (Wildman–Crippen LogP) is 1.16. The van der Waals surface area contributed by atoms with Gasteiger partial charge in [0.25, 0.3) is 0 Å². The zero-order chi connectivity index (χ0) is 48.0. The molecular formula is C24Co4N24Sn3. The van der Waals surface area contributed by atoms with E-state index >= 15 is 0 Å². The van der Waals surface area contributed by atoms with Gasteiger partial charge in [0.15, 0.2) is 0 Å². The van der Waals surface area contributed by atoms with Crippen LogP contribution in [-0.2, 0) is 67.1 Å². The van der Waals surface area contributed by atoms with Gasteiger partial charge in [-0.1, -0.05) is 0 Å². The first kappa shape index (κ1) is 384. The zero-order valence-electron chi connectivity index (χ0n) is 25.6. The van der Waals surface area contributed by atoms with Gasteiger partial charge >= 0.3 is 139 Å². The van der Waals surface area contributed by atoms with E-state index in [9.17, 15) is 0 Å². The van der Waals surface area contributed by atoms with E-state index in [0.29, 0.717) is 0 Å². The minimum absolute atomic E-state index is 0. The average molecular weight is 1220 g/mol. The molecule has 0 unspecified atom stereocenters. The Labute approximate surface area is 418 Å². The Morgan fingerprint density at radius 3 is 0.0909 bits per heavy atom. The molecule has 0 heterocycles. The van der Waals surface area contributed by atoms with Crippen LogP contribution in [0.25, 0.3) is 0 Å². The topological polar surface area (TPSA) is 571 Å². The van der Waals surface area contributed by atoms with Crippen molar-refractivity contribution < 1.29 is 67.1 Å². The molecule has 0 atom stereocenters. The van der Waals surface area contributed by atoms with Gasteiger partial charge in [0.05, 0.1) is 0 Å². The van der Waals surface area contributed by atoms with Crippen LogP contribution in [-0.4, -0.2) is 71.7 Å². The summed E-state index contributed by atoms with van der Waals surface area (Å²) in [5, 5.41) is 150. The molecule has 0 spiro atoms. The van der Waals surface area contributed by atoms with Crippen molar-refractivity contribution in [2.24, 2.45) is 0 Å². The molecule has 0 aliphatic heterocycles. The smallest absolute Gasteiger partial charge is 0.512 e. The molecule has 0 aromatic rings. The average Bonchev–Trinajstić information content (AvgIpc) is 3.34. The van der Waals surface area contributed by atoms with Gasteiger partial charge in [0.1, 0.15) is 0 Å². The Bertz CT molecular complexity index is 529. The fourth-order valence-electron chi connectivity index (χ4n) is 0. The summed E-state index contributed by atoms with van der Waals surface area (Å²) in [7, 11) is 0. The van der Waals surface area contributed by atoms with E-state index in [-0.39, 0.29) is 139 Å². The van der Waals surface area contributed by atoms with Crippen LogP contribution in [0.5, 0.6) is 0 Å². The molecule has 55 heavy (non-hydrogen) atoms. The summed E-state index contributed by atoms with van der Waals surface area (Å²) < 4.78 is 0. The molecule has 0 aromatic heterocycles. The van der Waals surface area contributed by atoms with Crippen LogP contribution in [0.1, 0.15) is 0 Å². The summed E-state index contributed by atoms with van der Waals surface area (Å²) in [5.74, 6) is 0. The second kappa shape index (κ2) is 1540. The van der Waals surface area contributed by atoms with Crippen LogP contribution in [0, 0.1) is 284 Å². The van der Waals surface area contributed by atoms with Crippen LogP contribution in [0.15, 0.2) is 0 Å². The predicted molar refractivity (Wildman–Crippen MR) is 136 cm³/mol. The molecule has 264 valence electrons. The van der Waals surface area contributed by atoms with Gasteiger partial charge in [-0.2, -0.15) is 0 Å². The largest absolute Gasteiger partial charge is 4.00 e. The Morgan fingerprint density at radius 2 is 0.0909 bits per heavy atom. The molecule has 0 rings (SSSR count). The first-order chi connectivity index (χ1) is 24.0. The first-order valence-electron chi connectivity index (χ1n) is 5.37. The van der Waals surface area contributed by atoms with E-state index in [2.05, 4.69) is 0 Å². The van der Waals surface area contributed by atoms with Crippen LogP contribution < -0.4 is 0 Å². The normalized spacial score (nSPS) is 0.873. The van der Waals surface area contributed by atoms with Crippen LogP contribution >= 0.6 is 0 Å². The van der Waals surface area contributed by atoms with Crippen molar-refractivity contribution >= 4 is 71.7 Å². The summed E-state index contributed by atoms with van der Waals surface area (Å²) in [4.78, 5) is 0. The fraction of sp³-hybridized carbons (Fsp3) is 0. The summed E-state index contributed by atoms with van der Waals surface area (Å²) in [6.45, 7) is 114. The third-order valence-corrected chi connectivity index (χ3v) is 0. The monoisotopic (exact) mass is 1220 g/mol. The van der Waals surface area contributed by atoms with Gasteiger partial charge in [-0.15, -0.1) is 0 Å². The van der Waals surface area contributed by atoms with Crippen molar-refractivity contribution in [3.63, 3.8) is 0 Å². The molecule has 0 amide bonds. The standard InChI is InChI=1S/24CN.4Co.3Sn/c24*1-2;;;;;;;/q24*-1;4*+3;3*+4. The van der Waals surface area contributed by atoms with Crippen molar-refractivity contribution in [2.75, 3.05) is 0 Å². The minimum atomic E-state index is 0. The molecule has 0 N–H and O–H groups in total. The molecular weight excluding hydrogens is 1220 g/mol. The van der Waals surface area contributed by atoms with Gasteiger partial charge in [-0.25, -0.2) is 0 Å². The molecule has 0 bridgehead atoms. The maximum Gasteiger partial charge on any atom is 4.00 e. The second-order valence-corrected chi connectivity index (χ2v) is 0. The van der Waals surface area contributed by atoms with Gasteiger partial charge in [0.2, 0.25) is 0 Å². The summed E-state index contributed by atoms with van der Waals surface area (Å²) >= 11 is 0. The second-order valence-electron chi connectivity index (χ2n) is 0. The molecule has 0 saturated carbocycles. The van der Waals surface area contributed by atoms with Crippen molar-refractivity contribution in [3.8, 4) is 0 Å². The van der Waals surface area contributed by atoms with E-state index in [1.54, 1.807) is 0 Å². The summed E-state index contributed by atoms with van der Waals surface area (Å²) in [5.41, 5.74) is 0. The summed E-state index contributed by atoms with van der Waals surface area (Å²) in [6.07, 6.45) is 0. The molecule has 0 fully saturated rings. The Morgan fingerprint density at radius 1 is 0.0909 bits per heavy atom.